The molecule has 1 radical (unpaired) electrons. The number of rotatable bonds is 0. The smallest absolute Gasteiger partial charge is 0.0435 e. The summed E-state index contributed by atoms with van der Waals surface area (Å²) in [6.07, 6.45) is 8.54. The summed E-state index contributed by atoms with van der Waals surface area (Å²) in [7, 11) is 0. The van der Waals surface area contributed by atoms with E-state index in [9.17, 15) is 0 Å². The van der Waals surface area contributed by atoms with Gasteiger partial charge in [0.2, 0.25) is 0 Å². The highest BCUT2D eigenvalue weighted by Crippen LogP contribution is 1.84. The van der Waals surface area contributed by atoms with Crippen molar-refractivity contribution in [3.05, 3.63) is 24.6 Å². The summed E-state index contributed by atoms with van der Waals surface area (Å²) in [5.41, 5.74) is 6.46. The van der Waals surface area contributed by atoms with Gasteiger partial charge in [0.1, 0.15) is 0 Å². The van der Waals surface area contributed by atoms with Crippen LogP contribution in [0, 0.1) is 0 Å². The third-order valence-corrected chi connectivity index (χ3v) is 0.719. The Bertz CT molecular complexity index is 82.3. The standard InChI is InChI=1S/C5H7N2/c1-2-4-6-7-5-3-1/h2-6H,1H2. The van der Waals surface area contributed by atoms with E-state index in [1.807, 2.05) is 18.4 Å². The molecule has 1 rings (SSSR count). The Morgan fingerprint density at radius 1 is 1.43 bits per heavy atom. The lowest BCUT2D eigenvalue weighted by molar-refractivity contribution is 0.764. The van der Waals surface area contributed by atoms with Crippen molar-refractivity contribution in [3.63, 3.8) is 0 Å². The maximum Gasteiger partial charge on any atom is 0.0435 e. The van der Waals surface area contributed by atoms with Gasteiger partial charge in [-0.05, 0) is 6.42 Å². The molecule has 0 aromatic carbocycles. The molecule has 0 atom stereocenters. The van der Waals surface area contributed by atoms with Gasteiger partial charge in [0, 0.05) is 12.4 Å². The van der Waals surface area contributed by atoms with E-state index in [0.29, 0.717) is 0 Å². The highest BCUT2D eigenvalue weighted by atomic mass is 15.3. The Kier molecular flexibility index (Phi) is 1.39. The molecular weight excluding hydrogens is 88.1 g/mol. The van der Waals surface area contributed by atoms with E-state index in [4.69, 9.17) is 0 Å². The second kappa shape index (κ2) is 2.29. The summed E-state index contributed by atoms with van der Waals surface area (Å²) < 4.78 is 0. The summed E-state index contributed by atoms with van der Waals surface area (Å²) in [6.45, 7) is 0. The van der Waals surface area contributed by atoms with Crippen LogP contribution in [0.4, 0.5) is 0 Å². The van der Waals surface area contributed by atoms with Crippen LogP contribution in [-0.4, -0.2) is 0 Å². The third-order valence-electron chi connectivity index (χ3n) is 0.719. The van der Waals surface area contributed by atoms with Gasteiger partial charge in [-0.2, -0.15) is 5.43 Å². The largest absolute Gasteiger partial charge is 0.286 e. The number of hydrogen-bond acceptors (Lipinski definition) is 1. The lowest BCUT2D eigenvalue weighted by atomic mass is 10.4. The molecule has 0 bridgehead atoms. The normalized spacial score (nSPS) is 17.1. The molecule has 2 nitrogen and oxygen atoms in total. The number of hydrogen-bond donors (Lipinski definition) is 1. The Morgan fingerprint density at radius 2 is 2.43 bits per heavy atom. The van der Waals surface area contributed by atoms with Crippen LogP contribution in [0.5, 0.6) is 0 Å². The molecule has 37 valence electrons. The maximum atomic E-state index is 3.75. The number of nitrogens with one attached hydrogen (secondary N) is 1. The van der Waals surface area contributed by atoms with Gasteiger partial charge in [0.15, 0.2) is 0 Å². The molecule has 1 heterocycles. The molecule has 0 saturated heterocycles. The maximum absolute atomic E-state index is 3.75. The quantitative estimate of drug-likeness (QED) is 0.466. The van der Waals surface area contributed by atoms with Crippen LogP contribution < -0.4 is 10.9 Å². The molecule has 0 aliphatic carbocycles. The molecule has 0 spiro atoms. The van der Waals surface area contributed by atoms with Gasteiger partial charge in [0.05, 0.1) is 0 Å². The minimum atomic E-state index is 0.983. The van der Waals surface area contributed by atoms with E-state index in [-0.39, 0.29) is 0 Å². The SMILES string of the molecule is C1=C[N]NC=CC1. The van der Waals surface area contributed by atoms with Crippen molar-refractivity contribution in [2.45, 2.75) is 6.42 Å². The molecule has 0 aromatic heterocycles. The van der Waals surface area contributed by atoms with Crippen molar-refractivity contribution in [3.8, 4) is 0 Å². The zero-order valence-electron chi connectivity index (χ0n) is 3.96. The molecule has 2 heteroatoms. The predicted molar refractivity (Wildman–Crippen MR) is 28.2 cm³/mol. The van der Waals surface area contributed by atoms with Crippen molar-refractivity contribution in [2.24, 2.45) is 0 Å². The van der Waals surface area contributed by atoms with E-state index in [0.717, 1.165) is 6.42 Å². The molecule has 1 aliphatic rings. The molecule has 1 aliphatic heterocycles. The van der Waals surface area contributed by atoms with Gasteiger partial charge < -0.3 is 0 Å². The van der Waals surface area contributed by atoms with Gasteiger partial charge in [-0.1, -0.05) is 12.2 Å². The van der Waals surface area contributed by atoms with Crippen LogP contribution in [-0.2, 0) is 0 Å². The van der Waals surface area contributed by atoms with Gasteiger partial charge >= 0.3 is 0 Å². The van der Waals surface area contributed by atoms with E-state index in [2.05, 4.69) is 10.9 Å². The molecule has 0 unspecified atom stereocenters. The number of nitrogens with zero attached hydrogens (tertiary/aromatic N) is 1. The molecular formula is C5H7N2. The fourth-order valence-electron chi connectivity index (χ4n) is 0.399. The second-order valence-electron chi connectivity index (χ2n) is 1.28. The van der Waals surface area contributed by atoms with Crippen LogP contribution in [0.15, 0.2) is 24.6 Å². The van der Waals surface area contributed by atoms with Crippen LogP contribution in [0.2, 0.25) is 0 Å². The first kappa shape index (κ1) is 4.24. The summed E-state index contributed by atoms with van der Waals surface area (Å²) in [6, 6.07) is 0. The average molecular weight is 95.1 g/mol. The van der Waals surface area contributed by atoms with Crippen molar-refractivity contribution >= 4 is 0 Å². The van der Waals surface area contributed by atoms with E-state index in [1.165, 1.54) is 0 Å². The Hall–Kier alpha value is -0.920. The minimum absolute atomic E-state index is 0.983. The van der Waals surface area contributed by atoms with E-state index >= 15 is 0 Å². The molecule has 0 amide bonds. The summed E-state index contributed by atoms with van der Waals surface area (Å²) >= 11 is 0. The van der Waals surface area contributed by atoms with Crippen molar-refractivity contribution < 1.29 is 0 Å². The summed E-state index contributed by atoms with van der Waals surface area (Å²) in [4.78, 5) is 0. The van der Waals surface area contributed by atoms with E-state index in [1.54, 1.807) is 6.20 Å². The summed E-state index contributed by atoms with van der Waals surface area (Å²) in [5.74, 6) is 0. The first-order chi connectivity index (χ1) is 3.50. The lowest BCUT2D eigenvalue weighted by Crippen LogP contribution is -2.09. The molecule has 0 fully saturated rings. The van der Waals surface area contributed by atoms with Gasteiger partial charge in [-0.15, -0.1) is 0 Å². The van der Waals surface area contributed by atoms with Gasteiger partial charge in [0.25, 0.3) is 0 Å². The van der Waals surface area contributed by atoms with Crippen molar-refractivity contribution in [2.75, 3.05) is 0 Å². The molecule has 1 N–H and O–H groups in total. The lowest BCUT2D eigenvalue weighted by Gasteiger charge is -1.86. The van der Waals surface area contributed by atoms with Crippen LogP contribution in [0.3, 0.4) is 0 Å². The van der Waals surface area contributed by atoms with Gasteiger partial charge in [-0.25, -0.2) is 0 Å². The first-order valence-corrected chi connectivity index (χ1v) is 2.25. The Labute approximate surface area is 42.9 Å². The zero-order valence-corrected chi connectivity index (χ0v) is 3.96. The Morgan fingerprint density at radius 3 is 3.43 bits per heavy atom. The molecule has 0 saturated carbocycles. The number of allylic oxidation sites excluding steroid dienone is 2. The molecule has 7 heavy (non-hydrogen) atoms. The third kappa shape index (κ3) is 1.30. The topological polar surface area (TPSA) is 26.1 Å². The second-order valence-corrected chi connectivity index (χ2v) is 1.28. The van der Waals surface area contributed by atoms with Crippen LogP contribution >= 0.6 is 0 Å². The van der Waals surface area contributed by atoms with Crippen molar-refractivity contribution in [1.82, 2.24) is 10.9 Å². The fraction of sp³-hybridized carbons (Fsp3) is 0.200. The zero-order chi connectivity index (χ0) is 4.95. The highest BCUT2D eigenvalue weighted by molar-refractivity contribution is 4.93. The molecule has 0 aromatic rings. The fourth-order valence-corrected chi connectivity index (χ4v) is 0.399. The van der Waals surface area contributed by atoms with Crippen LogP contribution in [0.25, 0.3) is 0 Å². The first-order valence-electron chi connectivity index (χ1n) is 2.25. The minimum Gasteiger partial charge on any atom is -0.286 e. The van der Waals surface area contributed by atoms with Crippen molar-refractivity contribution in [1.29, 1.82) is 0 Å². The summed E-state index contributed by atoms with van der Waals surface area (Å²) in [5, 5.41) is 0. The monoisotopic (exact) mass is 95.1 g/mol. The highest BCUT2D eigenvalue weighted by Gasteiger charge is 1.76. The van der Waals surface area contributed by atoms with Gasteiger partial charge in [-0.3, -0.25) is 5.43 Å². The van der Waals surface area contributed by atoms with E-state index < -0.39 is 0 Å². The predicted octanol–water partition coefficient (Wildman–Crippen LogP) is 0.526. The average Bonchev–Trinajstić information content (AvgIpc) is 1.90. The Balaban J connectivity index is 2.38. The van der Waals surface area contributed by atoms with Crippen LogP contribution in [0.1, 0.15) is 6.42 Å².